The van der Waals surface area contributed by atoms with Gasteiger partial charge in [-0.3, -0.25) is 4.79 Å². The van der Waals surface area contributed by atoms with Crippen LogP contribution in [0.25, 0.3) is 0 Å². The van der Waals surface area contributed by atoms with Crippen LogP contribution in [0.2, 0.25) is 0 Å². The van der Waals surface area contributed by atoms with Crippen LogP contribution in [0.3, 0.4) is 0 Å². The summed E-state index contributed by atoms with van der Waals surface area (Å²) in [5.74, 6) is -0.372. The van der Waals surface area contributed by atoms with E-state index in [4.69, 9.17) is 4.74 Å². The number of amides is 1. The fourth-order valence-corrected chi connectivity index (χ4v) is 1.18. The summed E-state index contributed by atoms with van der Waals surface area (Å²) < 4.78 is 17.5. The fourth-order valence-electron chi connectivity index (χ4n) is 1.18. The average molecular weight is 181 g/mol. The second kappa shape index (κ2) is 2.73. The first kappa shape index (κ1) is 8.04. The van der Waals surface area contributed by atoms with Gasteiger partial charge in [0.15, 0.2) is 0 Å². The van der Waals surface area contributed by atoms with E-state index in [1.54, 1.807) is 12.1 Å². The topological polar surface area (TPSA) is 38.3 Å². The van der Waals surface area contributed by atoms with Gasteiger partial charge in [-0.1, -0.05) is 6.07 Å². The average Bonchev–Trinajstić information content (AvgIpc) is 2.08. The van der Waals surface area contributed by atoms with Gasteiger partial charge >= 0.3 is 6.36 Å². The van der Waals surface area contributed by atoms with Crippen molar-refractivity contribution in [2.45, 2.75) is 13.3 Å². The van der Waals surface area contributed by atoms with Crippen molar-refractivity contribution in [1.29, 1.82) is 0 Å². The van der Waals surface area contributed by atoms with Crippen molar-refractivity contribution in [3.63, 3.8) is 0 Å². The molecule has 68 valence electrons. The smallest absolute Gasteiger partial charge is 0.317 e. The molecule has 3 nitrogen and oxygen atoms in total. The number of fused-ring (bicyclic) bond motifs is 1. The first-order valence-electron chi connectivity index (χ1n) is 3.89. The van der Waals surface area contributed by atoms with Gasteiger partial charge in [-0.05, 0) is 24.6 Å². The van der Waals surface area contributed by atoms with Gasteiger partial charge in [0.1, 0.15) is 5.75 Å². The van der Waals surface area contributed by atoms with E-state index < -0.39 is 12.3 Å². The molecule has 4 heteroatoms. The Bertz CT molecular complexity index is 365. The van der Waals surface area contributed by atoms with Crippen LogP contribution < -0.4 is 10.1 Å². The van der Waals surface area contributed by atoms with E-state index in [-0.39, 0.29) is 0 Å². The van der Waals surface area contributed by atoms with E-state index in [2.05, 4.69) is 5.32 Å². The van der Waals surface area contributed by atoms with Gasteiger partial charge in [-0.15, -0.1) is 0 Å². The van der Waals surface area contributed by atoms with Gasteiger partial charge < -0.3 is 10.1 Å². The molecule has 1 aliphatic rings. The fraction of sp³-hybridized carbons (Fsp3) is 0.222. The summed E-state index contributed by atoms with van der Waals surface area (Å²) in [6.07, 6.45) is -1.89. The van der Waals surface area contributed by atoms with E-state index in [0.717, 1.165) is 5.56 Å². The highest BCUT2D eigenvalue weighted by Gasteiger charge is 2.26. The number of benzene rings is 1. The lowest BCUT2D eigenvalue weighted by molar-refractivity contribution is -0.130. The van der Waals surface area contributed by atoms with E-state index >= 15 is 0 Å². The number of ether oxygens (including phenoxy) is 1. The SMILES string of the molecule is Cc1ccc2c(c1)OC(F)C(=O)N2. The summed E-state index contributed by atoms with van der Waals surface area (Å²) in [4.78, 5) is 10.8. The lowest BCUT2D eigenvalue weighted by Crippen LogP contribution is -2.33. The third-order valence-electron chi connectivity index (χ3n) is 1.83. The van der Waals surface area contributed by atoms with Crippen molar-refractivity contribution in [2.75, 3.05) is 5.32 Å². The van der Waals surface area contributed by atoms with E-state index in [9.17, 15) is 9.18 Å². The number of aryl methyl sites for hydroxylation is 1. The zero-order valence-corrected chi connectivity index (χ0v) is 7.00. The number of rotatable bonds is 0. The van der Waals surface area contributed by atoms with Gasteiger partial charge in [-0.2, -0.15) is 4.39 Å². The number of hydrogen-bond donors (Lipinski definition) is 1. The van der Waals surface area contributed by atoms with Gasteiger partial charge in [-0.25, -0.2) is 0 Å². The molecule has 0 spiro atoms. The molecule has 2 rings (SSSR count). The standard InChI is InChI=1S/C9H8FNO2/c1-5-2-3-6-7(4-5)13-8(10)9(12)11-6/h2-4,8H,1H3,(H,11,12). The normalized spacial score (nSPS) is 20.2. The Morgan fingerprint density at radius 1 is 1.54 bits per heavy atom. The molecule has 0 aromatic heterocycles. The van der Waals surface area contributed by atoms with Crippen LogP contribution in [0.15, 0.2) is 18.2 Å². The molecule has 0 radical (unpaired) electrons. The third-order valence-corrected chi connectivity index (χ3v) is 1.83. The minimum Gasteiger partial charge on any atom is -0.450 e. The number of nitrogens with one attached hydrogen (secondary N) is 1. The Hall–Kier alpha value is -1.58. The highest BCUT2D eigenvalue weighted by atomic mass is 19.1. The van der Waals surface area contributed by atoms with Gasteiger partial charge in [0.2, 0.25) is 0 Å². The molecule has 1 unspecified atom stereocenters. The highest BCUT2D eigenvalue weighted by molar-refractivity contribution is 5.96. The first-order chi connectivity index (χ1) is 6.16. The number of hydrogen-bond acceptors (Lipinski definition) is 2. The molecule has 13 heavy (non-hydrogen) atoms. The van der Waals surface area contributed by atoms with Crippen molar-refractivity contribution in [3.8, 4) is 5.75 Å². The number of anilines is 1. The quantitative estimate of drug-likeness (QED) is 0.660. The highest BCUT2D eigenvalue weighted by Crippen LogP contribution is 2.30. The first-order valence-corrected chi connectivity index (χ1v) is 3.89. The molecule has 1 heterocycles. The molecule has 0 aliphatic carbocycles. The zero-order valence-electron chi connectivity index (χ0n) is 7.00. The maximum Gasteiger partial charge on any atom is 0.317 e. The maximum absolute atomic E-state index is 12.8. The second-order valence-electron chi connectivity index (χ2n) is 2.92. The predicted octanol–water partition coefficient (Wildman–Crippen LogP) is 1.62. The molecular weight excluding hydrogens is 173 g/mol. The van der Waals surface area contributed by atoms with E-state index in [0.29, 0.717) is 11.4 Å². The lowest BCUT2D eigenvalue weighted by atomic mass is 10.2. The zero-order chi connectivity index (χ0) is 9.42. The minimum absolute atomic E-state index is 0.382. The molecule has 0 bridgehead atoms. The number of carbonyl (C=O) groups excluding carboxylic acids is 1. The van der Waals surface area contributed by atoms with Crippen LogP contribution in [0.1, 0.15) is 5.56 Å². The summed E-state index contributed by atoms with van der Waals surface area (Å²) in [6, 6.07) is 5.19. The molecule has 1 N–H and O–H groups in total. The molecule has 1 aromatic rings. The van der Waals surface area contributed by atoms with Crippen LogP contribution in [0.4, 0.5) is 10.1 Å². The maximum atomic E-state index is 12.8. The van der Waals surface area contributed by atoms with Crippen molar-refractivity contribution in [1.82, 2.24) is 0 Å². The molecule has 1 aromatic carbocycles. The van der Waals surface area contributed by atoms with Crippen molar-refractivity contribution >= 4 is 11.6 Å². The molecule has 0 fully saturated rings. The predicted molar refractivity (Wildman–Crippen MR) is 45.3 cm³/mol. The summed E-state index contributed by atoms with van der Waals surface area (Å²) in [5, 5.41) is 2.40. The van der Waals surface area contributed by atoms with E-state index in [1.807, 2.05) is 13.0 Å². The summed E-state index contributed by atoms with van der Waals surface area (Å²) >= 11 is 0. The number of halogens is 1. The Balaban J connectivity index is 2.42. The van der Waals surface area contributed by atoms with Gasteiger partial charge in [0.05, 0.1) is 5.69 Å². The van der Waals surface area contributed by atoms with Gasteiger partial charge in [0.25, 0.3) is 5.91 Å². The molecule has 0 saturated carbocycles. The van der Waals surface area contributed by atoms with Crippen molar-refractivity contribution in [2.24, 2.45) is 0 Å². The molecule has 1 aliphatic heterocycles. The summed E-state index contributed by atoms with van der Waals surface area (Å²) in [6.45, 7) is 1.87. The Labute approximate surface area is 74.5 Å². The number of alkyl halides is 1. The third kappa shape index (κ3) is 1.35. The Morgan fingerprint density at radius 3 is 3.08 bits per heavy atom. The summed E-state index contributed by atoms with van der Waals surface area (Å²) in [7, 11) is 0. The van der Waals surface area contributed by atoms with Crippen LogP contribution in [-0.2, 0) is 4.79 Å². The van der Waals surface area contributed by atoms with Crippen LogP contribution in [0.5, 0.6) is 5.75 Å². The van der Waals surface area contributed by atoms with Crippen molar-refractivity contribution in [3.05, 3.63) is 23.8 Å². The van der Waals surface area contributed by atoms with E-state index in [1.165, 1.54) is 0 Å². The van der Waals surface area contributed by atoms with Crippen LogP contribution >= 0.6 is 0 Å². The Morgan fingerprint density at radius 2 is 2.31 bits per heavy atom. The van der Waals surface area contributed by atoms with Gasteiger partial charge in [0, 0.05) is 0 Å². The Kier molecular flexibility index (Phi) is 1.69. The van der Waals surface area contributed by atoms with Crippen molar-refractivity contribution < 1.29 is 13.9 Å². The van der Waals surface area contributed by atoms with Crippen LogP contribution in [-0.4, -0.2) is 12.3 Å². The summed E-state index contributed by atoms with van der Waals surface area (Å²) in [5.41, 5.74) is 1.48. The minimum atomic E-state index is -1.89. The lowest BCUT2D eigenvalue weighted by Gasteiger charge is -2.20. The monoisotopic (exact) mass is 181 g/mol. The second-order valence-corrected chi connectivity index (χ2v) is 2.92. The van der Waals surface area contributed by atoms with Crippen LogP contribution in [0, 0.1) is 6.92 Å². The molecule has 1 amide bonds. The molecule has 1 atom stereocenters. The molecule has 0 saturated heterocycles. The largest absolute Gasteiger partial charge is 0.450 e. The number of carbonyl (C=O) groups is 1. The molecular formula is C9H8FNO2.